The van der Waals surface area contributed by atoms with Crippen molar-refractivity contribution in [3.63, 3.8) is 0 Å². The van der Waals surface area contributed by atoms with Gasteiger partial charge in [0.05, 0.1) is 45.0 Å². The van der Waals surface area contributed by atoms with Gasteiger partial charge >= 0.3 is 0 Å². The van der Waals surface area contributed by atoms with E-state index in [0.29, 0.717) is 32.2 Å². The van der Waals surface area contributed by atoms with Gasteiger partial charge in [-0.05, 0) is 24.3 Å². The molecule has 1 aromatic carbocycles. The predicted molar refractivity (Wildman–Crippen MR) is 76.2 cm³/mol. The summed E-state index contributed by atoms with van der Waals surface area (Å²) in [5.74, 6) is 1.52. The van der Waals surface area contributed by atoms with Crippen molar-refractivity contribution in [3.05, 3.63) is 36.7 Å². The van der Waals surface area contributed by atoms with E-state index in [2.05, 4.69) is 5.10 Å². The van der Waals surface area contributed by atoms with Crippen LogP contribution in [0.3, 0.4) is 0 Å². The van der Waals surface area contributed by atoms with E-state index < -0.39 is 0 Å². The Labute approximate surface area is 123 Å². The molecule has 0 spiro atoms. The van der Waals surface area contributed by atoms with E-state index >= 15 is 0 Å². The van der Waals surface area contributed by atoms with Crippen molar-refractivity contribution in [1.82, 2.24) is 9.78 Å². The molecular weight excluding hydrogens is 272 g/mol. The van der Waals surface area contributed by atoms with E-state index in [9.17, 15) is 0 Å². The summed E-state index contributed by atoms with van der Waals surface area (Å²) in [5, 5.41) is 4.28. The first-order valence-corrected chi connectivity index (χ1v) is 6.86. The number of hydrogen-bond acceptors (Lipinski definition) is 5. The third-order valence-electron chi connectivity index (χ3n) is 3.22. The van der Waals surface area contributed by atoms with Crippen LogP contribution in [0.15, 0.2) is 36.7 Å². The smallest absolute Gasteiger partial charge is 0.157 e. The van der Waals surface area contributed by atoms with Crippen molar-refractivity contribution in [2.24, 2.45) is 0 Å². The molecule has 1 unspecified atom stereocenters. The number of ether oxygens (including phenoxy) is 4. The van der Waals surface area contributed by atoms with Gasteiger partial charge in [-0.15, -0.1) is 0 Å². The highest BCUT2D eigenvalue weighted by molar-refractivity contribution is 5.37. The van der Waals surface area contributed by atoms with Crippen LogP contribution >= 0.6 is 0 Å². The summed E-state index contributed by atoms with van der Waals surface area (Å²) in [6.45, 7) is 2.33. The van der Waals surface area contributed by atoms with Crippen LogP contribution in [0.1, 0.15) is 0 Å². The minimum atomic E-state index is -0.0110. The number of aromatic nitrogens is 2. The summed E-state index contributed by atoms with van der Waals surface area (Å²) in [7, 11) is 1.64. The summed E-state index contributed by atoms with van der Waals surface area (Å²) >= 11 is 0. The molecule has 0 radical (unpaired) electrons. The quantitative estimate of drug-likeness (QED) is 0.838. The number of methoxy groups -OCH3 is 1. The molecule has 2 aromatic rings. The minimum absolute atomic E-state index is 0.0110. The van der Waals surface area contributed by atoms with Crippen LogP contribution < -0.4 is 9.47 Å². The highest BCUT2D eigenvalue weighted by Gasteiger charge is 2.15. The molecule has 21 heavy (non-hydrogen) atoms. The maximum atomic E-state index is 5.68. The van der Waals surface area contributed by atoms with E-state index in [1.807, 2.05) is 30.5 Å². The maximum absolute atomic E-state index is 5.68. The molecule has 0 aliphatic carbocycles. The standard InChI is InChI=1S/C15H18N2O4/c1-18-13-4-2-12(3-5-13)17-9-14(8-16-17)21-11-15-10-19-6-7-20-15/h2-5,8-9,15H,6-7,10-11H2,1H3. The third kappa shape index (κ3) is 3.53. The molecule has 0 saturated carbocycles. The number of benzene rings is 1. The fraction of sp³-hybridized carbons (Fsp3) is 0.400. The van der Waals surface area contributed by atoms with Gasteiger partial charge in [-0.2, -0.15) is 5.10 Å². The fourth-order valence-electron chi connectivity index (χ4n) is 2.08. The Balaban J connectivity index is 1.59. The van der Waals surface area contributed by atoms with Gasteiger partial charge in [0.15, 0.2) is 5.75 Å². The summed E-state index contributed by atoms with van der Waals surface area (Å²) in [6, 6.07) is 7.66. The van der Waals surface area contributed by atoms with E-state index in [1.54, 1.807) is 18.0 Å². The molecule has 6 nitrogen and oxygen atoms in total. The topological polar surface area (TPSA) is 54.7 Å². The fourth-order valence-corrected chi connectivity index (χ4v) is 2.08. The largest absolute Gasteiger partial charge is 0.497 e. The van der Waals surface area contributed by atoms with Gasteiger partial charge in [0.25, 0.3) is 0 Å². The summed E-state index contributed by atoms with van der Waals surface area (Å²) in [5.41, 5.74) is 0.947. The van der Waals surface area contributed by atoms with E-state index in [4.69, 9.17) is 18.9 Å². The maximum Gasteiger partial charge on any atom is 0.157 e. The molecule has 3 rings (SSSR count). The Bertz CT molecular complexity index is 561. The van der Waals surface area contributed by atoms with Gasteiger partial charge in [-0.1, -0.05) is 0 Å². The lowest BCUT2D eigenvalue weighted by Gasteiger charge is -2.22. The SMILES string of the molecule is COc1ccc(-n2cc(OCC3COCCO3)cn2)cc1. The van der Waals surface area contributed by atoms with Crippen molar-refractivity contribution >= 4 is 0 Å². The molecule has 6 heteroatoms. The molecule has 0 bridgehead atoms. The lowest BCUT2D eigenvalue weighted by Crippen LogP contribution is -2.33. The van der Waals surface area contributed by atoms with Gasteiger partial charge in [0.2, 0.25) is 0 Å². The van der Waals surface area contributed by atoms with Crippen LogP contribution in [0, 0.1) is 0 Å². The Hall–Kier alpha value is -2.05. The second kappa shape index (κ2) is 6.60. The van der Waals surface area contributed by atoms with Crippen molar-refractivity contribution in [1.29, 1.82) is 0 Å². The van der Waals surface area contributed by atoms with Gasteiger partial charge in [0, 0.05) is 0 Å². The van der Waals surface area contributed by atoms with Crippen LogP contribution in [0.25, 0.3) is 5.69 Å². The molecule has 1 aromatic heterocycles. The monoisotopic (exact) mass is 290 g/mol. The normalized spacial score (nSPS) is 18.4. The van der Waals surface area contributed by atoms with Gasteiger partial charge < -0.3 is 18.9 Å². The van der Waals surface area contributed by atoms with Gasteiger partial charge in [0.1, 0.15) is 18.5 Å². The first kappa shape index (κ1) is 13.9. The molecule has 112 valence electrons. The van der Waals surface area contributed by atoms with Crippen molar-refractivity contribution < 1.29 is 18.9 Å². The zero-order valence-electron chi connectivity index (χ0n) is 11.9. The van der Waals surface area contributed by atoms with Crippen LogP contribution in [0.5, 0.6) is 11.5 Å². The summed E-state index contributed by atoms with van der Waals surface area (Å²) in [6.07, 6.45) is 3.52. The second-order valence-electron chi connectivity index (χ2n) is 4.70. The lowest BCUT2D eigenvalue weighted by molar-refractivity contribution is -0.101. The van der Waals surface area contributed by atoms with Crippen molar-refractivity contribution in [2.75, 3.05) is 33.5 Å². The molecule has 1 aliphatic rings. The average molecular weight is 290 g/mol. The highest BCUT2D eigenvalue weighted by atomic mass is 16.6. The average Bonchev–Trinajstić information content (AvgIpc) is 3.03. The molecule has 1 fully saturated rings. The lowest BCUT2D eigenvalue weighted by atomic mass is 10.3. The van der Waals surface area contributed by atoms with E-state index in [-0.39, 0.29) is 6.10 Å². The number of nitrogens with zero attached hydrogens (tertiary/aromatic N) is 2. The van der Waals surface area contributed by atoms with Crippen molar-refractivity contribution in [3.8, 4) is 17.2 Å². The zero-order valence-corrected chi connectivity index (χ0v) is 11.9. The minimum Gasteiger partial charge on any atom is -0.497 e. The number of rotatable bonds is 5. The molecule has 2 heterocycles. The highest BCUT2D eigenvalue weighted by Crippen LogP contribution is 2.17. The Kier molecular flexibility index (Phi) is 4.37. The van der Waals surface area contributed by atoms with Gasteiger partial charge in [-0.25, -0.2) is 4.68 Å². The molecule has 1 saturated heterocycles. The van der Waals surface area contributed by atoms with Crippen LogP contribution in [0.2, 0.25) is 0 Å². The second-order valence-corrected chi connectivity index (χ2v) is 4.70. The number of hydrogen-bond donors (Lipinski definition) is 0. The molecular formula is C15H18N2O4. The van der Waals surface area contributed by atoms with E-state index in [1.165, 1.54) is 0 Å². The van der Waals surface area contributed by atoms with Gasteiger partial charge in [-0.3, -0.25) is 0 Å². The molecule has 1 atom stereocenters. The van der Waals surface area contributed by atoms with E-state index in [0.717, 1.165) is 11.4 Å². The summed E-state index contributed by atoms with van der Waals surface area (Å²) in [4.78, 5) is 0. The Morgan fingerprint density at radius 2 is 2.10 bits per heavy atom. The first-order chi connectivity index (χ1) is 10.3. The first-order valence-electron chi connectivity index (χ1n) is 6.86. The Morgan fingerprint density at radius 3 is 2.81 bits per heavy atom. The molecule has 0 amide bonds. The zero-order chi connectivity index (χ0) is 14.5. The van der Waals surface area contributed by atoms with Crippen LogP contribution in [0.4, 0.5) is 0 Å². The van der Waals surface area contributed by atoms with Crippen LogP contribution in [-0.4, -0.2) is 49.4 Å². The van der Waals surface area contributed by atoms with Crippen LogP contribution in [-0.2, 0) is 9.47 Å². The molecule has 1 aliphatic heterocycles. The summed E-state index contributed by atoms with van der Waals surface area (Å²) < 4.78 is 23.4. The predicted octanol–water partition coefficient (Wildman–Crippen LogP) is 1.68. The molecule has 0 N–H and O–H groups in total. The Morgan fingerprint density at radius 1 is 1.24 bits per heavy atom. The third-order valence-corrected chi connectivity index (χ3v) is 3.22. The van der Waals surface area contributed by atoms with Crippen molar-refractivity contribution in [2.45, 2.75) is 6.10 Å².